The largest absolute Gasteiger partial charge is 0.417 e. The van der Waals surface area contributed by atoms with E-state index in [4.69, 9.17) is 4.84 Å². The summed E-state index contributed by atoms with van der Waals surface area (Å²) in [4.78, 5) is 23.3. The smallest absolute Gasteiger partial charge is 0.355 e. The normalized spacial score (nSPS) is 21.8. The van der Waals surface area contributed by atoms with E-state index >= 15 is 0 Å². The molecule has 2 fully saturated rings. The van der Waals surface area contributed by atoms with E-state index in [-0.39, 0.29) is 11.9 Å². The lowest BCUT2D eigenvalue weighted by Gasteiger charge is -2.34. The summed E-state index contributed by atoms with van der Waals surface area (Å²) in [5, 5.41) is 4.81. The average molecular weight is 372 g/mol. The van der Waals surface area contributed by atoms with Crippen molar-refractivity contribution in [1.29, 1.82) is 0 Å². The monoisotopic (exact) mass is 372 g/mol. The van der Waals surface area contributed by atoms with E-state index in [1.807, 2.05) is 4.90 Å². The zero-order valence-corrected chi connectivity index (χ0v) is 14.5. The molecule has 0 saturated carbocycles. The molecule has 1 aromatic heterocycles. The van der Waals surface area contributed by atoms with Gasteiger partial charge < -0.3 is 10.2 Å². The maximum absolute atomic E-state index is 12.6. The van der Waals surface area contributed by atoms with E-state index in [1.165, 1.54) is 6.07 Å². The molecule has 1 atom stereocenters. The van der Waals surface area contributed by atoms with Crippen LogP contribution in [0.25, 0.3) is 0 Å². The summed E-state index contributed by atoms with van der Waals surface area (Å²) >= 11 is 0. The summed E-state index contributed by atoms with van der Waals surface area (Å²) in [5.41, 5.74) is -0.757. The van der Waals surface area contributed by atoms with Gasteiger partial charge in [0.15, 0.2) is 0 Å². The van der Waals surface area contributed by atoms with Gasteiger partial charge in [-0.05, 0) is 31.4 Å². The minimum atomic E-state index is -4.39. The molecule has 1 N–H and O–H groups in total. The topological polar surface area (TPSA) is 57.7 Å². The van der Waals surface area contributed by atoms with Gasteiger partial charge in [-0.3, -0.25) is 9.63 Å². The maximum Gasteiger partial charge on any atom is 0.417 e. The van der Waals surface area contributed by atoms with Crippen LogP contribution in [-0.2, 0) is 15.8 Å². The van der Waals surface area contributed by atoms with E-state index in [1.54, 1.807) is 5.06 Å². The second kappa shape index (κ2) is 8.22. The zero-order chi connectivity index (χ0) is 18.6. The number of amides is 1. The molecule has 0 bridgehead atoms. The molecule has 0 aromatic carbocycles. The Morgan fingerprint density at radius 3 is 2.81 bits per heavy atom. The minimum Gasteiger partial charge on any atom is -0.355 e. The van der Waals surface area contributed by atoms with Gasteiger partial charge in [-0.25, -0.2) is 4.98 Å². The minimum absolute atomic E-state index is 0.0279. The Morgan fingerprint density at radius 2 is 2.15 bits per heavy atom. The Bertz CT molecular complexity index is 603. The quantitative estimate of drug-likeness (QED) is 0.859. The Hall–Kier alpha value is -1.87. The van der Waals surface area contributed by atoms with Crippen molar-refractivity contribution in [3.63, 3.8) is 0 Å². The first-order valence-electron chi connectivity index (χ1n) is 8.87. The fraction of sp³-hybridized carbons (Fsp3) is 0.647. The van der Waals surface area contributed by atoms with E-state index in [0.717, 1.165) is 38.1 Å². The number of rotatable bonds is 5. The molecule has 6 nitrogen and oxygen atoms in total. The number of hydrogen-bond donors (Lipinski definition) is 1. The number of carbonyl (C=O) groups is 1. The number of carbonyl (C=O) groups excluding carboxylic acids is 1. The molecule has 144 valence electrons. The molecule has 1 amide bonds. The van der Waals surface area contributed by atoms with Crippen LogP contribution in [0.2, 0.25) is 0 Å². The van der Waals surface area contributed by atoms with Crippen LogP contribution >= 0.6 is 0 Å². The number of nitrogens with zero attached hydrogens (tertiary/aromatic N) is 3. The molecular formula is C17H23F3N4O2. The van der Waals surface area contributed by atoms with Crippen LogP contribution in [0.1, 0.15) is 31.2 Å². The number of hydroxylamine groups is 2. The number of anilines is 1. The van der Waals surface area contributed by atoms with Crippen molar-refractivity contribution >= 4 is 11.7 Å². The van der Waals surface area contributed by atoms with Gasteiger partial charge in [0.25, 0.3) is 0 Å². The highest BCUT2D eigenvalue weighted by Crippen LogP contribution is 2.29. The summed E-state index contributed by atoms with van der Waals surface area (Å²) < 4.78 is 37.9. The lowest BCUT2D eigenvalue weighted by molar-refractivity contribution is -0.137. The van der Waals surface area contributed by atoms with E-state index in [2.05, 4.69) is 10.3 Å². The number of hydrogen-bond acceptors (Lipinski definition) is 5. The molecule has 0 radical (unpaired) electrons. The van der Waals surface area contributed by atoms with Gasteiger partial charge in [0, 0.05) is 44.8 Å². The lowest BCUT2D eigenvalue weighted by atomic mass is 10.1. The summed E-state index contributed by atoms with van der Waals surface area (Å²) in [6.07, 6.45) is -0.475. The van der Waals surface area contributed by atoms with Gasteiger partial charge in [0.2, 0.25) is 5.91 Å². The lowest BCUT2D eigenvalue weighted by Crippen LogP contribution is -2.48. The second-order valence-electron chi connectivity index (χ2n) is 6.62. The molecule has 0 spiro atoms. The van der Waals surface area contributed by atoms with Crippen LogP contribution in [0.4, 0.5) is 19.0 Å². The second-order valence-corrected chi connectivity index (χ2v) is 6.62. The third-order valence-corrected chi connectivity index (χ3v) is 4.60. The zero-order valence-electron chi connectivity index (χ0n) is 14.5. The number of pyridine rings is 1. The van der Waals surface area contributed by atoms with Crippen molar-refractivity contribution in [2.45, 2.75) is 37.9 Å². The SMILES string of the molecule is O=C(CCN1CCCO1)NC1CCCN(c2ccc(C(F)(F)F)cn2)C1. The molecule has 2 aliphatic rings. The van der Waals surface area contributed by atoms with Crippen LogP contribution in [0.3, 0.4) is 0 Å². The first kappa shape index (κ1) is 18.9. The van der Waals surface area contributed by atoms with Gasteiger partial charge in [0.05, 0.1) is 12.2 Å². The van der Waals surface area contributed by atoms with Gasteiger partial charge in [-0.1, -0.05) is 0 Å². The van der Waals surface area contributed by atoms with Gasteiger partial charge in [-0.15, -0.1) is 0 Å². The van der Waals surface area contributed by atoms with Crippen molar-refractivity contribution in [2.75, 3.05) is 37.7 Å². The third kappa shape index (κ3) is 5.07. The first-order chi connectivity index (χ1) is 12.4. The molecule has 0 aliphatic carbocycles. The van der Waals surface area contributed by atoms with Crippen LogP contribution < -0.4 is 10.2 Å². The summed E-state index contributed by atoms with van der Waals surface area (Å²) in [5.74, 6) is 0.468. The van der Waals surface area contributed by atoms with Crippen LogP contribution in [0.15, 0.2) is 18.3 Å². The fourth-order valence-corrected chi connectivity index (χ4v) is 3.25. The highest BCUT2D eigenvalue weighted by atomic mass is 19.4. The van der Waals surface area contributed by atoms with Gasteiger partial charge >= 0.3 is 6.18 Å². The maximum atomic E-state index is 12.6. The summed E-state index contributed by atoms with van der Waals surface area (Å²) in [7, 11) is 0. The van der Waals surface area contributed by atoms with Crippen molar-refractivity contribution in [3.05, 3.63) is 23.9 Å². The Labute approximate surface area is 150 Å². The van der Waals surface area contributed by atoms with Crippen LogP contribution in [0.5, 0.6) is 0 Å². The third-order valence-electron chi connectivity index (χ3n) is 4.60. The predicted octanol–water partition coefficient (Wildman–Crippen LogP) is 2.21. The predicted molar refractivity (Wildman–Crippen MR) is 89.4 cm³/mol. The van der Waals surface area contributed by atoms with Crippen molar-refractivity contribution in [2.24, 2.45) is 0 Å². The van der Waals surface area contributed by atoms with E-state index in [9.17, 15) is 18.0 Å². The fourth-order valence-electron chi connectivity index (χ4n) is 3.25. The standard InChI is InChI=1S/C17H23F3N4O2/c18-17(19,20)13-4-5-15(21-11-13)23-7-1-3-14(12-23)22-16(25)6-9-24-8-2-10-26-24/h4-5,11,14H,1-3,6-10,12H2,(H,22,25). The van der Waals surface area contributed by atoms with Crippen molar-refractivity contribution in [3.8, 4) is 0 Å². The average Bonchev–Trinajstić information content (AvgIpc) is 3.13. The number of halogens is 3. The number of nitrogens with one attached hydrogen (secondary N) is 1. The molecule has 3 rings (SSSR count). The molecule has 3 heterocycles. The number of alkyl halides is 3. The molecule has 2 saturated heterocycles. The van der Waals surface area contributed by atoms with Crippen molar-refractivity contribution < 1.29 is 22.8 Å². The Balaban J connectivity index is 1.49. The Kier molecular flexibility index (Phi) is 5.98. The molecule has 1 unspecified atom stereocenters. The van der Waals surface area contributed by atoms with Crippen molar-refractivity contribution in [1.82, 2.24) is 15.4 Å². The molecular weight excluding hydrogens is 349 g/mol. The van der Waals surface area contributed by atoms with Crippen LogP contribution in [-0.4, -0.2) is 54.8 Å². The molecule has 26 heavy (non-hydrogen) atoms. The summed E-state index contributed by atoms with van der Waals surface area (Å²) in [6, 6.07) is 2.40. The Morgan fingerprint density at radius 1 is 1.31 bits per heavy atom. The molecule has 2 aliphatic heterocycles. The number of aromatic nitrogens is 1. The first-order valence-corrected chi connectivity index (χ1v) is 8.87. The molecule has 9 heteroatoms. The van der Waals surface area contributed by atoms with E-state index in [0.29, 0.717) is 38.5 Å². The highest BCUT2D eigenvalue weighted by Gasteiger charge is 2.31. The van der Waals surface area contributed by atoms with Gasteiger partial charge in [-0.2, -0.15) is 18.2 Å². The van der Waals surface area contributed by atoms with Crippen LogP contribution in [0, 0.1) is 0 Å². The number of piperidine rings is 1. The summed E-state index contributed by atoms with van der Waals surface area (Å²) in [6.45, 7) is 3.39. The van der Waals surface area contributed by atoms with Gasteiger partial charge in [0.1, 0.15) is 5.82 Å². The molecule has 1 aromatic rings. The van der Waals surface area contributed by atoms with E-state index < -0.39 is 11.7 Å². The highest BCUT2D eigenvalue weighted by molar-refractivity contribution is 5.76.